The van der Waals surface area contributed by atoms with Gasteiger partial charge < -0.3 is 19.9 Å². The van der Waals surface area contributed by atoms with Crippen LogP contribution in [0.5, 0.6) is 0 Å². The highest BCUT2D eigenvalue weighted by atomic mass is 19.4. The molecule has 22 nitrogen and oxygen atoms in total. The number of imide groups is 3. The number of nitro benzene ring substituents is 3. The van der Waals surface area contributed by atoms with Crippen LogP contribution in [0.4, 0.5) is 88.0 Å². The van der Waals surface area contributed by atoms with Crippen LogP contribution in [-0.4, -0.2) is 103 Å². The fourth-order valence-corrected chi connectivity index (χ4v) is 7.42. The molecule has 0 atom stereocenters. The number of hydrogen-bond acceptors (Lipinski definition) is 13. The lowest BCUT2D eigenvalue weighted by Crippen LogP contribution is -2.47. The molecule has 0 radical (unpaired) electrons. The Balaban J connectivity index is 0.000000354. The maximum atomic E-state index is 13.5. The Hall–Kier alpha value is -7.99. The third kappa shape index (κ3) is 10.2. The Bertz CT molecular complexity index is 2650. The summed E-state index contributed by atoms with van der Waals surface area (Å²) in [7, 11) is 0. The molecule has 3 heterocycles. The monoisotopic (exact) mass is 1020 g/mol. The minimum absolute atomic E-state index is 0.290. The molecule has 31 heteroatoms. The van der Waals surface area contributed by atoms with Crippen molar-refractivity contribution < 1.29 is 87.8 Å². The van der Waals surface area contributed by atoms with E-state index in [2.05, 4.69) is 5.32 Å². The first kappa shape index (κ1) is 54.0. The molecule has 3 aromatic rings. The zero-order chi connectivity index (χ0) is 53.9. The maximum Gasteiger partial charge on any atom is 0.423 e. The number of anilines is 3. The summed E-state index contributed by atoms with van der Waals surface area (Å²) in [6.45, 7) is 6.89. The summed E-state index contributed by atoms with van der Waals surface area (Å²) >= 11 is 0. The first-order valence-corrected chi connectivity index (χ1v) is 20.0. The van der Waals surface area contributed by atoms with Crippen LogP contribution in [0.1, 0.15) is 58.2 Å². The number of nitrogens with one attached hydrogen (secondary N) is 1. The molecule has 6 rings (SSSR count). The summed E-state index contributed by atoms with van der Waals surface area (Å²) < 4.78 is 125. The Morgan fingerprint density at radius 1 is 0.507 bits per heavy atom. The van der Waals surface area contributed by atoms with Crippen molar-refractivity contribution in [3.63, 3.8) is 0 Å². The van der Waals surface area contributed by atoms with E-state index in [1.54, 1.807) is 0 Å². The zero-order valence-electron chi connectivity index (χ0n) is 37.3. The molecule has 0 saturated carbocycles. The average molecular weight is 1020 g/mol. The summed E-state index contributed by atoms with van der Waals surface area (Å²) in [5.74, 6) is -2.61. The maximum absolute atomic E-state index is 13.5. The molecule has 0 bridgehead atoms. The molecule has 382 valence electrons. The molecule has 0 aromatic heterocycles. The van der Waals surface area contributed by atoms with Crippen molar-refractivity contribution in [1.82, 2.24) is 15.1 Å². The number of nitrogens with zero attached hydrogens (tertiary/aromatic N) is 8. The molecule has 71 heavy (non-hydrogen) atoms. The number of nitro groups is 3. The van der Waals surface area contributed by atoms with Crippen molar-refractivity contribution >= 4 is 69.9 Å². The first-order valence-electron chi connectivity index (χ1n) is 20.0. The second-order valence-corrected chi connectivity index (χ2v) is 16.9. The lowest BCUT2D eigenvalue weighted by molar-refractivity contribution is -0.388. The van der Waals surface area contributed by atoms with Crippen LogP contribution in [0.25, 0.3) is 0 Å². The number of carbonyl (C=O) groups is 6. The quantitative estimate of drug-likeness (QED) is 0.0597. The molecule has 3 saturated heterocycles. The van der Waals surface area contributed by atoms with Crippen LogP contribution in [0.2, 0.25) is 0 Å². The van der Waals surface area contributed by atoms with Crippen LogP contribution < -0.4 is 20.0 Å². The largest absolute Gasteiger partial charge is 0.423 e. The Morgan fingerprint density at radius 3 is 1.06 bits per heavy atom. The Morgan fingerprint density at radius 2 is 0.803 bits per heavy atom. The minimum Gasteiger partial charge on any atom is -0.378 e. The minimum atomic E-state index is -5.17. The van der Waals surface area contributed by atoms with Crippen molar-refractivity contribution in [2.24, 2.45) is 0 Å². The van der Waals surface area contributed by atoms with Crippen LogP contribution in [0, 0.1) is 30.3 Å². The third-order valence-electron chi connectivity index (χ3n) is 11.1. The van der Waals surface area contributed by atoms with E-state index in [1.807, 2.05) is 0 Å². The second kappa shape index (κ2) is 18.4. The molecule has 3 aromatic carbocycles. The van der Waals surface area contributed by atoms with Gasteiger partial charge in [-0.25, -0.2) is 29.1 Å². The van der Waals surface area contributed by atoms with Gasteiger partial charge in [0.25, 0.3) is 34.8 Å². The Kier molecular flexibility index (Phi) is 14.0. The van der Waals surface area contributed by atoms with Crippen LogP contribution in [0.3, 0.4) is 0 Å². The number of ether oxygens (including phenoxy) is 1. The van der Waals surface area contributed by atoms with Crippen molar-refractivity contribution in [3.05, 3.63) is 102 Å². The smallest absolute Gasteiger partial charge is 0.378 e. The van der Waals surface area contributed by atoms with Gasteiger partial charge in [-0.05, 0) is 77.9 Å². The molecule has 3 aliphatic heterocycles. The van der Waals surface area contributed by atoms with E-state index < -0.39 is 131 Å². The summed E-state index contributed by atoms with van der Waals surface area (Å²) in [5.41, 5.74) is -14.5. The van der Waals surface area contributed by atoms with Gasteiger partial charge in [-0.2, -0.15) is 39.5 Å². The molecule has 0 spiro atoms. The first-order chi connectivity index (χ1) is 32.4. The standard InChI is InChI=1S/C28H26F6N6O9.C12H10F3N3O4/c1-25(2)21(41)37(15-5-7-19(39(45)46)17(13-15)27(29,30)31)23(43)35(25)9-11-49-12-10-36-24(44)38(22(42)26(36,3)4)16-6-8-20(40(47)48)18(14-16)28(32,33)34;1-11(2)9(19)17(10(20)16-11)6-3-4-8(18(21)22)7(5-6)12(13,14)15/h5-8,13-14H,9-12H2,1-4H3;3-5H,1-2H3,(H,16,20). The van der Waals surface area contributed by atoms with Crippen LogP contribution >= 0.6 is 0 Å². The third-order valence-corrected chi connectivity index (χ3v) is 11.1. The molecule has 0 aliphatic carbocycles. The predicted molar refractivity (Wildman–Crippen MR) is 223 cm³/mol. The number of carbonyl (C=O) groups excluding carboxylic acids is 6. The summed E-state index contributed by atoms with van der Waals surface area (Å²) in [6.07, 6.45) is -15.3. The van der Waals surface area contributed by atoms with Gasteiger partial charge in [0.1, 0.15) is 33.3 Å². The van der Waals surface area contributed by atoms with Crippen molar-refractivity contribution in [3.8, 4) is 0 Å². The molecular weight excluding hydrogens is 985 g/mol. The van der Waals surface area contributed by atoms with E-state index in [4.69, 9.17) is 4.74 Å². The average Bonchev–Trinajstić information content (AvgIpc) is 3.64. The highest BCUT2D eigenvalue weighted by molar-refractivity contribution is 6.24. The number of benzene rings is 3. The van der Waals surface area contributed by atoms with E-state index in [9.17, 15) is 98.6 Å². The van der Waals surface area contributed by atoms with Crippen LogP contribution in [0.15, 0.2) is 54.6 Å². The SMILES string of the molecule is CC1(C)C(=O)N(c2ccc([N+](=O)[O-])c(C(F)(F)F)c2)C(=O)N1CCOCCN1C(=O)N(c2ccc([N+](=O)[O-])c(C(F)(F)F)c2)C(=O)C1(C)C.CC1(C)NC(=O)N(c2ccc([N+](=O)[O-])c(C(F)(F)F)c2)C1=O. The number of amides is 9. The number of urea groups is 3. The zero-order valence-corrected chi connectivity index (χ0v) is 37.3. The summed E-state index contributed by atoms with van der Waals surface area (Å²) in [6, 6.07) is 2.35. The van der Waals surface area contributed by atoms with Gasteiger partial charge in [-0.1, -0.05) is 0 Å². The van der Waals surface area contributed by atoms with Crippen molar-refractivity contribution in [2.45, 2.75) is 76.7 Å². The Labute approximate surface area is 391 Å². The van der Waals surface area contributed by atoms with E-state index in [-0.39, 0.29) is 32.0 Å². The number of halogens is 9. The van der Waals surface area contributed by atoms with E-state index in [1.165, 1.54) is 41.5 Å². The van der Waals surface area contributed by atoms with Crippen molar-refractivity contribution in [1.29, 1.82) is 0 Å². The van der Waals surface area contributed by atoms with E-state index in [0.29, 0.717) is 51.1 Å². The highest BCUT2D eigenvalue weighted by Crippen LogP contribution is 2.43. The fraction of sp³-hybridized carbons (Fsp3) is 0.400. The molecule has 0 unspecified atom stereocenters. The summed E-state index contributed by atoms with van der Waals surface area (Å²) in [5, 5.41) is 35.2. The van der Waals surface area contributed by atoms with Gasteiger partial charge in [-0.3, -0.25) is 44.7 Å². The van der Waals surface area contributed by atoms with Gasteiger partial charge >= 0.3 is 36.6 Å². The van der Waals surface area contributed by atoms with Gasteiger partial charge in [0.05, 0.1) is 45.0 Å². The lowest BCUT2D eigenvalue weighted by Gasteiger charge is -2.29. The fourth-order valence-electron chi connectivity index (χ4n) is 7.42. The van der Waals surface area contributed by atoms with Gasteiger partial charge in [0.15, 0.2) is 0 Å². The lowest BCUT2D eigenvalue weighted by atomic mass is 10.0. The molecule has 9 amide bonds. The predicted octanol–water partition coefficient (Wildman–Crippen LogP) is 7.80. The second-order valence-electron chi connectivity index (χ2n) is 16.9. The molecule has 3 aliphatic rings. The normalized spacial score (nSPS) is 17.8. The van der Waals surface area contributed by atoms with Gasteiger partial charge in [-0.15, -0.1) is 0 Å². The van der Waals surface area contributed by atoms with Crippen molar-refractivity contribution in [2.75, 3.05) is 41.0 Å². The molecule has 1 N–H and O–H groups in total. The van der Waals surface area contributed by atoms with Gasteiger partial charge in [0.2, 0.25) is 0 Å². The summed E-state index contributed by atoms with van der Waals surface area (Å²) in [4.78, 5) is 109. The number of rotatable bonds is 12. The molecule has 3 fully saturated rings. The number of hydrogen-bond donors (Lipinski definition) is 1. The van der Waals surface area contributed by atoms with Crippen LogP contribution in [-0.2, 0) is 37.6 Å². The van der Waals surface area contributed by atoms with Gasteiger partial charge in [0, 0.05) is 31.3 Å². The molecular formula is C40H36F9N9O13. The van der Waals surface area contributed by atoms with E-state index in [0.717, 1.165) is 28.0 Å². The highest BCUT2D eigenvalue weighted by Gasteiger charge is 2.54. The number of alkyl halides is 9. The van der Waals surface area contributed by atoms with E-state index >= 15 is 0 Å². The topological polar surface area (TPSA) is 269 Å².